The summed E-state index contributed by atoms with van der Waals surface area (Å²) in [6.07, 6.45) is -10.5. The number of fused-ring (bicyclic) bond motifs is 1. The predicted octanol–water partition coefficient (Wildman–Crippen LogP) is 8.31. The molecule has 0 fully saturated rings. The fourth-order valence-electron chi connectivity index (χ4n) is 5.24. The Bertz CT molecular complexity index is 2270. The van der Waals surface area contributed by atoms with E-state index in [1.807, 2.05) is 0 Å². The number of para-hydroxylation sites is 1. The van der Waals surface area contributed by atoms with Crippen LogP contribution in [-0.4, -0.2) is 26.4 Å². The molecule has 0 radical (unpaired) electrons. The van der Waals surface area contributed by atoms with Gasteiger partial charge in [-0.3, -0.25) is 4.57 Å². The average Bonchev–Trinajstić information content (AvgIpc) is 3.43. The van der Waals surface area contributed by atoms with Gasteiger partial charge in [-0.1, -0.05) is 72.8 Å². The molecule has 0 unspecified atom stereocenters. The van der Waals surface area contributed by atoms with Crippen LogP contribution in [0.5, 0.6) is 0 Å². The molecular formula is C33H21F6N3O4S2. The second-order valence-corrected chi connectivity index (χ2v) is 14.1. The smallest absolute Gasteiger partial charge is 0.292 e. The fourth-order valence-corrected chi connectivity index (χ4v) is 9.32. The molecule has 1 heterocycles. The Morgan fingerprint density at radius 2 is 1.02 bits per heavy atom. The van der Waals surface area contributed by atoms with Crippen LogP contribution in [0.4, 0.5) is 32.0 Å². The zero-order chi connectivity index (χ0) is 34.5. The van der Waals surface area contributed by atoms with Gasteiger partial charge in [0.2, 0.25) is 0 Å². The highest BCUT2D eigenvalue weighted by atomic mass is 32.3. The molecule has 6 aromatic rings. The van der Waals surface area contributed by atoms with Crippen LogP contribution in [0.25, 0.3) is 28.1 Å². The minimum absolute atomic E-state index is 0.00109. The summed E-state index contributed by atoms with van der Waals surface area (Å²) in [5.41, 5.74) is -2.64. The van der Waals surface area contributed by atoms with Crippen molar-refractivity contribution in [1.29, 1.82) is 0 Å². The normalized spacial score (nSPS) is 12.7. The minimum Gasteiger partial charge on any atom is -0.292 e. The second kappa shape index (κ2) is 11.8. The SMILES string of the molecule is O=S(=O)(c1ccccc1C(F)(F)F)N(c1ccc2c(c1)nc(-c1ccccc1)n2-c1ccccc1)S(=O)(=O)c1ccccc1C(F)(F)F. The summed E-state index contributed by atoms with van der Waals surface area (Å²) in [5.74, 6) is 0.344. The first-order valence-electron chi connectivity index (χ1n) is 13.9. The summed E-state index contributed by atoms with van der Waals surface area (Å²) in [7, 11) is -11.6. The molecular weight excluding hydrogens is 681 g/mol. The lowest BCUT2D eigenvalue weighted by Gasteiger charge is -2.26. The molecule has 0 saturated heterocycles. The molecule has 0 aliphatic carbocycles. The van der Waals surface area contributed by atoms with Crippen molar-refractivity contribution in [2.75, 3.05) is 3.71 Å². The lowest BCUT2D eigenvalue weighted by atomic mass is 10.2. The zero-order valence-corrected chi connectivity index (χ0v) is 25.8. The van der Waals surface area contributed by atoms with Crippen LogP contribution in [0, 0.1) is 0 Å². The van der Waals surface area contributed by atoms with Gasteiger partial charge in [0, 0.05) is 11.3 Å². The summed E-state index contributed by atoms with van der Waals surface area (Å²) < 4.78 is 142. The highest BCUT2D eigenvalue weighted by molar-refractivity contribution is 8.10. The summed E-state index contributed by atoms with van der Waals surface area (Å²) in [5, 5.41) is 0. The van der Waals surface area contributed by atoms with E-state index in [-0.39, 0.29) is 5.52 Å². The van der Waals surface area contributed by atoms with Crippen LogP contribution in [0.2, 0.25) is 0 Å². The van der Waals surface area contributed by atoms with Crippen LogP contribution in [0.3, 0.4) is 0 Å². The molecule has 0 N–H and O–H groups in total. The van der Waals surface area contributed by atoms with Gasteiger partial charge in [0.25, 0.3) is 20.0 Å². The lowest BCUT2D eigenvalue weighted by Crippen LogP contribution is -2.38. The average molecular weight is 702 g/mol. The number of aromatic nitrogens is 2. The first-order chi connectivity index (χ1) is 22.6. The molecule has 15 heteroatoms. The van der Waals surface area contributed by atoms with Crippen molar-refractivity contribution in [3.63, 3.8) is 0 Å². The maximum atomic E-state index is 14.2. The highest BCUT2D eigenvalue weighted by Crippen LogP contribution is 2.42. The van der Waals surface area contributed by atoms with Gasteiger partial charge in [0.15, 0.2) is 0 Å². The van der Waals surface area contributed by atoms with E-state index in [1.165, 1.54) is 6.07 Å². The number of nitrogens with zero attached hydrogens (tertiary/aromatic N) is 3. The molecule has 6 rings (SSSR count). The summed E-state index contributed by atoms with van der Waals surface area (Å²) in [6.45, 7) is 0. The summed E-state index contributed by atoms with van der Waals surface area (Å²) >= 11 is 0. The van der Waals surface area contributed by atoms with Crippen molar-refractivity contribution < 1.29 is 43.2 Å². The lowest BCUT2D eigenvalue weighted by molar-refractivity contribution is -0.140. The Balaban J connectivity index is 1.67. The third kappa shape index (κ3) is 5.79. The molecule has 48 heavy (non-hydrogen) atoms. The molecule has 7 nitrogen and oxygen atoms in total. The molecule has 0 aliphatic heterocycles. The van der Waals surface area contributed by atoms with Crippen LogP contribution < -0.4 is 3.71 Å². The third-order valence-electron chi connectivity index (χ3n) is 7.27. The number of imidazole rings is 1. The first-order valence-corrected chi connectivity index (χ1v) is 16.8. The van der Waals surface area contributed by atoms with Crippen LogP contribution in [0.15, 0.2) is 137 Å². The number of hydrogen-bond acceptors (Lipinski definition) is 5. The van der Waals surface area contributed by atoms with Crippen molar-refractivity contribution >= 4 is 36.8 Å². The van der Waals surface area contributed by atoms with E-state index in [1.54, 1.807) is 65.2 Å². The van der Waals surface area contributed by atoms with Crippen molar-refractivity contribution in [1.82, 2.24) is 9.55 Å². The van der Waals surface area contributed by atoms with Crippen LogP contribution >= 0.6 is 0 Å². The predicted molar refractivity (Wildman–Crippen MR) is 166 cm³/mol. The van der Waals surface area contributed by atoms with Gasteiger partial charge in [0.05, 0.1) is 27.8 Å². The fraction of sp³-hybridized carbons (Fsp3) is 0.0606. The van der Waals surface area contributed by atoms with Gasteiger partial charge in [0.1, 0.15) is 15.6 Å². The number of anilines is 1. The van der Waals surface area contributed by atoms with Gasteiger partial charge in [-0.15, -0.1) is 0 Å². The maximum absolute atomic E-state index is 14.2. The third-order valence-corrected chi connectivity index (χ3v) is 11.6. The standard InChI is InChI=1S/C33H21F6N3O4S2/c34-32(35,36)25-15-7-9-17-29(25)47(43,44)42(48(45,46)30-18-10-8-16-26(30)33(37,38)39)24-19-20-28-27(21-24)40-31(22-11-3-1-4-12-22)41(28)23-13-5-2-6-14-23/h1-21H. The maximum Gasteiger partial charge on any atom is 0.417 e. The number of halogens is 6. The Labute approximate surface area is 270 Å². The Kier molecular flexibility index (Phi) is 8.07. The Morgan fingerprint density at radius 3 is 1.52 bits per heavy atom. The minimum atomic E-state index is -5.79. The number of rotatable bonds is 7. The van der Waals surface area contributed by atoms with Crippen LogP contribution in [-0.2, 0) is 32.4 Å². The van der Waals surface area contributed by atoms with E-state index in [0.717, 1.165) is 36.4 Å². The molecule has 0 saturated carbocycles. The molecule has 0 aliphatic rings. The topological polar surface area (TPSA) is 89.3 Å². The van der Waals surface area contributed by atoms with Gasteiger partial charge < -0.3 is 0 Å². The number of sulfonamides is 2. The van der Waals surface area contributed by atoms with E-state index < -0.39 is 62.7 Å². The van der Waals surface area contributed by atoms with Crippen LogP contribution in [0.1, 0.15) is 11.1 Å². The zero-order valence-electron chi connectivity index (χ0n) is 24.2. The second-order valence-electron chi connectivity index (χ2n) is 10.3. The number of benzene rings is 5. The van der Waals surface area contributed by atoms with Crippen molar-refractivity contribution in [3.8, 4) is 17.1 Å². The highest BCUT2D eigenvalue weighted by Gasteiger charge is 2.46. The van der Waals surface area contributed by atoms with Gasteiger partial charge in [-0.2, -0.15) is 46.9 Å². The molecule has 5 aromatic carbocycles. The molecule has 246 valence electrons. The van der Waals surface area contributed by atoms with E-state index in [2.05, 4.69) is 4.98 Å². The first kappa shape index (κ1) is 32.8. The largest absolute Gasteiger partial charge is 0.417 e. The monoisotopic (exact) mass is 701 g/mol. The Hall–Kier alpha value is -5.15. The quantitative estimate of drug-likeness (QED) is 0.156. The summed E-state index contributed by atoms with van der Waals surface area (Å²) in [4.78, 5) is 1.65. The summed E-state index contributed by atoms with van der Waals surface area (Å²) in [6, 6.07) is 26.4. The van der Waals surface area contributed by atoms with Gasteiger partial charge in [-0.05, 0) is 54.6 Å². The van der Waals surface area contributed by atoms with Gasteiger partial charge >= 0.3 is 12.4 Å². The molecule has 0 bridgehead atoms. The van der Waals surface area contributed by atoms with Gasteiger partial charge in [-0.25, -0.2) is 4.98 Å². The van der Waals surface area contributed by atoms with Crippen molar-refractivity contribution in [2.24, 2.45) is 0 Å². The number of hydrogen-bond donors (Lipinski definition) is 0. The van der Waals surface area contributed by atoms with Crippen molar-refractivity contribution in [2.45, 2.75) is 22.1 Å². The van der Waals surface area contributed by atoms with E-state index in [0.29, 0.717) is 46.9 Å². The van der Waals surface area contributed by atoms with Crippen molar-refractivity contribution in [3.05, 3.63) is 139 Å². The molecule has 1 aromatic heterocycles. The molecule has 0 atom stereocenters. The molecule has 0 amide bonds. The van der Waals surface area contributed by atoms with E-state index in [4.69, 9.17) is 0 Å². The Morgan fingerprint density at radius 1 is 0.562 bits per heavy atom. The molecule has 0 spiro atoms. The van der Waals surface area contributed by atoms with E-state index >= 15 is 0 Å². The van der Waals surface area contributed by atoms with E-state index in [9.17, 15) is 43.2 Å². The number of alkyl halides is 6.